The van der Waals surface area contributed by atoms with Crippen molar-refractivity contribution in [2.24, 2.45) is 0 Å². The zero-order chi connectivity index (χ0) is 11.8. The Labute approximate surface area is 103 Å². The molecule has 0 radical (unpaired) electrons. The van der Waals surface area contributed by atoms with E-state index in [9.17, 15) is 4.79 Å². The van der Waals surface area contributed by atoms with Crippen molar-refractivity contribution in [2.45, 2.75) is 38.0 Å². The van der Waals surface area contributed by atoms with E-state index >= 15 is 0 Å². The highest BCUT2D eigenvalue weighted by molar-refractivity contribution is 7.20. The van der Waals surface area contributed by atoms with E-state index in [1.54, 1.807) is 6.07 Å². The van der Waals surface area contributed by atoms with Crippen LogP contribution in [0.4, 0.5) is 0 Å². The molecule has 1 saturated carbocycles. The van der Waals surface area contributed by atoms with Crippen LogP contribution in [0.2, 0.25) is 0 Å². The summed E-state index contributed by atoms with van der Waals surface area (Å²) in [5, 5.41) is 8.92. The topological polar surface area (TPSA) is 53.1 Å². The Kier molecular flexibility index (Phi) is 2.67. The Morgan fingerprint density at radius 3 is 2.71 bits per heavy atom. The van der Waals surface area contributed by atoms with E-state index < -0.39 is 5.97 Å². The number of aromatic amines is 1. The van der Waals surface area contributed by atoms with Crippen LogP contribution in [0.25, 0.3) is 10.2 Å². The highest BCUT2D eigenvalue weighted by atomic mass is 32.1. The fourth-order valence-corrected chi connectivity index (χ4v) is 3.59. The SMILES string of the molecule is O=C(O)c1cc2[nH]c(C3CCCCC3)cc2s1. The molecule has 1 aliphatic rings. The van der Waals surface area contributed by atoms with Crippen LogP contribution >= 0.6 is 11.3 Å². The minimum absolute atomic E-state index is 0.418. The van der Waals surface area contributed by atoms with Crippen molar-refractivity contribution in [2.75, 3.05) is 0 Å². The first kappa shape index (κ1) is 10.8. The molecule has 17 heavy (non-hydrogen) atoms. The second-order valence-electron chi connectivity index (χ2n) is 4.75. The fourth-order valence-electron chi connectivity index (χ4n) is 2.68. The average Bonchev–Trinajstić information content (AvgIpc) is 2.87. The fraction of sp³-hybridized carbons (Fsp3) is 0.462. The Hall–Kier alpha value is -1.29. The average molecular weight is 249 g/mol. The van der Waals surface area contributed by atoms with Gasteiger partial charge in [0.25, 0.3) is 0 Å². The number of nitrogens with one attached hydrogen (secondary N) is 1. The Morgan fingerprint density at radius 1 is 1.29 bits per heavy atom. The third-order valence-corrected chi connectivity index (χ3v) is 4.65. The number of thiophene rings is 1. The first-order valence-electron chi connectivity index (χ1n) is 6.10. The molecule has 1 fully saturated rings. The summed E-state index contributed by atoms with van der Waals surface area (Å²) in [6, 6.07) is 3.89. The van der Waals surface area contributed by atoms with Gasteiger partial charge < -0.3 is 10.1 Å². The predicted octanol–water partition coefficient (Wildman–Crippen LogP) is 3.98. The molecular weight excluding hydrogens is 234 g/mol. The lowest BCUT2D eigenvalue weighted by Gasteiger charge is -2.20. The lowest BCUT2D eigenvalue weighted by Crippen LogP contribution is -2.04. The third kappa shape index (κ3) is 1.97. The second-order valence-corrected chi connectivity index (χ2v) is 5.84. The largest absolute Gasteiger partial charge is 0.477 e. The van der Waals surface area contributed by atoms with E-state index in [4.69, 9.17) is 5.11 Å². The van der Waals surface area contributed by atoms with Gasteiger partial charge in [-0.1, -0.05) is 19.3 Å². The number of fused-ring (bicyclic) bond motifs is 1. The van der Waals surface area contributed by atoms with Gasteiger partial charge in [-0.3, -0.25) is 0 Å². The van der Waals surface area contributed by atoms with Crippen LogP contribution in [-0.2, 0) is 0 Å². The monoisotopic (exact) mass is 249 g/mol. The summed E-state index contributed by atoms with van der Waals surface area (Å²) in [7, 11) is 0. The van der Waals surface area contributed by atoms with Crippen molar-refractivity contribution in [3.05, 3.63) is 22.7 Å². The van der Waals surface area contributed by atoms with Crippen LogP contribution in [0.3, 0.4) is 0 Å². The van der Waals surface area contributed by atoms with Crippen LogP contribution in [-0.4, -0.2) is 16.1 Å². The van der Waals surface area contributed by atoms with Crippen LogP contribution in [0.5, 0.6) is 0 Å². The number of aromatic carboxylic acids is 1. The zero-order valence-electron chi connectivity index (χ0n) is 9.53. The van der Waals surface area contributed by atoms with Crippen molar-refractivity contribution >= 4 is 27.5 Å². The summed E-state index contributed by atoms with van der Waals surface area (Å²) in [6.45, 7) is 0. The predicted molar refractivity (Wildman–Crippen MR) is 69.0 cm³/mol. The molecule has 0 saturated heterocycles. The maximum atomic E-state index is 10.9. The number of aromatic nitrogens is 1. The highest BCUT2D eigenvalue weighted by Crippen LogP contribution is 2.35. The molecule has 2 aromatic heterocycles. The molecule has 2 heterocycles. The quantitative estimate of drug-likeness (QED) is 0.846. The number of rotatable bonds is 2. The summed E-state index contributed by atoms with van der Waals surface area (Å²) in [5.74, 6) is -0.185. The molecule has 0 bridgehead atoms. The van der Waals surface area contributed by atoms with Gasteiger partial charge in [-0.15, -0.1) is 11.3 Å². The molecule has 3 rings (SSSR count). The van der Waals surface area contributed by atoms with Gasteiger partial charge in [0.2, 0.25) is 0 Å². The van der Waals surface area contributed by atoms with Gasteiger partial charge in [-0.2, -0.15) is 0 Å². The number of hydrogen-bond acceptors (Lipinski definition) is 2. The summed E-state index contributed by atoms with van der Waals surface area (Å²) < 4.78 is 1.07. The second kappa shape index (κ2) is 4.18. The van der Waals surface area contributed by atoms with E-state index in [0.29, 0.717) is 10.8 Å². The van der Waals surface area contributed by atoms with E-state index in [2.05, 4.69) is 11.1 Å². The normalized spacial score (nSPS) is 17.6. The Morgan fingerprint density at radius 2 is 2.06 bits per heavy atom. The van der Waals surface area contributed by atoms with Crippen LogP contribution in [0.1, 0.15) is 53.4 Å². The van der Waals surface area contributed by atoms with Crippen molar-refractivity contribution in [3.8, 4) is 0 Å². The molecule has 0 atom stereocenters. The van der Waals surface area contributed by atoms with E-state index in [0.717, 1.165) is 10.2 Å². The van der Waals surface area contributed by atoms with Crippen LogP contribution in [0, 0.1) is 0 Å². The lowest BCUT2D eigenvalue weighted by atomic mass is 9.87. The molecule has 0 aliphatic heterocycles. The first-order chi connectivity index (χ1) is 8.24. The number of H-pyrrole nitrogens is 1. The molecule has 0 aromatic carbocycles. The Balaban J connectivity index is 1.91. The van der Waals surface area contributed by atoms with Gasteiger partial charge >= 0.3 is 5.97 Å². The van der Waals surface area contributed by atoms with Gasteiger partial charge in [0.15, 0.2) is 0 Å². The third-order valence-electron chi connectivity index (χ3n) is 3.58. The summed E-state index contributed by atoms with van der Waals surface area (Å²) >= 11 is 1.36. The van der Waals surface area contributed by atoms with Crippen molar-refractivity contribution in [3.63, 3.8) is 0 Å². The maximum Gasteiger partial charge on any atom is 0.345 e. The molecule has 0 amide bonds. The van der Waals surface area contributed by atoms with Crippen molar-refractivity contribution < 1.29 is 9.90 Å². The van der Waals surface area contributed by atoms with Crippen LogP contribution in [0.15, 0.2) is 12.1 Å². The van der Waals surface area contributed by atoms with Gasteiger partial charge in [-0.05, 0) is 30.9 Å². The van der Waals surface area contributed by atoms with Gasteiger partial charge in [-0.25, -0.2) is 4.79 Å². The smallest absolute Gasteiger partial charge is 0.345 e. The van der Waals surface area contributed by atoms with Gasteiger partial charge in [0.05, 0.1) is 10.2 Å². The summed E-state index contributed by atoms with van der Waals surface area (Å²) in [6.07, 6.45) is 6.52. The minimum atomic E-state index is -0.834. The molecule has 0 unspecified atom stereocenters. The summed E-state index contributed by atoms with van der Waals surface area (Å²) in [4.78, 5) is 14.7. The van der Waals surface area contributed by atoms with Gasteiger partial charge in [0, 0.05) is 5.69 Å². The number of carboxylic acid groups (broad SMARTS) is 1. The van der Waals surface area contributed by atoms with Crippen molar-refractivity contribution in [1.29, 1.82) is 0 Å². The molecule has 90 valence electrons. The molecule has 1 aliphatic carbocycles. The Bertz CT molecular complexity index is 517. The lowest BCUT2D eigenvalue weighted by molar-refractivity contribution is 0.0702. The zero-order valence-corrected chi connectivity index (χ0v) is 10.3. The number of carboxylic acids is 1. The number of hydrogen-bond donors (Lipinski definition) is 2. The molecule has 3 nitrogen and oxygen atoms in total. The number of carbonyl (C=O) groups is 1. The van der Waals surface area contributed by atoms with E-state index in [1.165, 1.54) is 49.1 Å². The standard InChI is InChI=1S/C13H15NO2S/c15-13(16)12-7-10-11(17-12)6-9(14-10)8-4-2-1-3-5-8/h6-8,14H,1-5H2,(H,15,16). The molecular formula is C13H15NO2S. The maximum absolute atomic E-state index is 10.9. The molecule has 2 N–H and O–H groups in total. The summed E-state index contributed by atoms with van der Waals surface area (Å²) in [5.41, 5.74) is 2.27. The molecule has 4 heteroatoms. The minimum Gasteiger partial charge on any atom is -0.477 e. The highest BCUT2D eigenvalue weighted by Gasteiger charge is 2.19. The van der Waals surface area contributed by atoms with E-state index in [-0.39, 0.29) is 0 Å². The van der Waals surface area contributed by atoms with Crippen LogP contribution < -0.4 is 0 Å². The first-order valence-corrected chi connectivity index (χ1v) is 6.91. The molecule has 2 aromatic rings. The molecule has 0 spiro atoms. The van der Waals surface area contributed by atoms with Gasteiger partial charge in [0.1, 0.15) is 4.88 Å². The van der Waals surface area contributed by atoms with Crippen molar-refractivity contribution in [1.82, 2.24) is 4.98 Å². The van der Waals surface area contributed by atoms with E-state index in [1.807, 2.05) is 0 Å².